The second-order valence-electron chi connectivity index (χ2n) is 8.20. The Bertz CT molecular complexity index is 1200. The highest BCUT2D eigenvalue weighted by Crippen LogP contribution is 2.46. The number of aromatic amines is 1. The van der Waals surface area contributed by atoms with E-state index in [-0.39, 0.29) is 23.4 Å². The van der Waals surface area contributed by atoms with Crippen molar-refractivity contribution in [3.8, 4) is 11.3 Å². The van der Waals surface area contributed by atoms with Crippen molar-refractivity contribution in [1.82, 2.24) is 15.6 Å². The van der Waals surface area contributed by atoms with E-state index in [2.05, 4.69) is 15.6 Å². The maximum absolute atomic E-state index is 14.4. The topological polar surface area (TPSA) is 83.2 Å². The highest BCUT2D eigenvalue weighted by molar-refractivity contribution is 5.92. The number of H-pyrrole nitrogens is 1. The van der Waals surface area contributed by atoms with Crippen LogP contribution in [0.4, 0.5) is 18.0 Å². The molecule has 3 aromatic rings. The van der Waals surface area contributed by atoms with E-state index >= 15 is 0 Å². The zero-order valence-corrected chi connectivity index (χ0v) is 16.9. The molecule has 9 heteroatoms. The lowest BCUT2D eigenvalue weighted by molar-refractivity contribution is -0.120. The predicted molar refractivity (Wildman–Crippen MR) is 110 cm³/mol. The van der Waals surface area contributed by atoms with E-state index in [0.717, 1.165) is 6.07 Å². The first kappa shape index (κ1) is 20.4. The molecule has 0 radical (unpaired) electrons. The number of hydrogen-bond donors (Lipinski definition) is 3. The molecule has 6 nitrogen and oxygen atoms in total. The van der Waals surface area contributed by atoms with Crippen LogP contribution in [-0.2, 0) is 9.53 Å². The van der Waals surface area contributed by atoms with Gasteiger partial charge < -0.3 is 20.4 Å². The molecule has 166 valence electrons. The summed E-state index contributed by atoms with van der Waals surface area (Å²) in [5.41, 5.74) is 2.11. The van der Waals surface area contributed by atoms with Crippen LogP contribution >= 0.6 is 0 Å². The molecule has 1 saturated heterocycles. The van der Waals surface area contributed by atoms with Crippen LogP contribution in [0.5, 0.6) is 0 Å². The molecule has 0 bridgehead atoms. The number of benzene rings is 2. The van der Waals surface area contributed by atoms with Crippen molar-refractivity contribution in [2.45, 2.75) is 37.3 Å². The summed E-state index contributed by atoms with van der Waals surface area (Å²) in [5.74, 6) is -2.15. The third-order valence-electron chi connectivity index (χ3n) is 6.11. The molecule has 1 aliphatic carbocycles. The van der Waals surface area contributed by atoms with Gasteiger partial charge in [0.2, 0.25) is 5.91 Å². The zero-order valence-electron chi connectivity index (χ0n) is 16.9. The Kier molecular flexibility index (Phi) is 5.03. The van der Waals surface area contributed by atoms with Gasteiger partial charge in [0.1, 0.15) is 29.6 Å². The highest BCUT2D eigenvalue weighted by atomic mass is 19.1. The molecule has 2 heterocycles. The van der Waals surface area contributed by atoms with Crippen LogP contribution in [0.25, 0.3) is 22.2 Å². The summed E-state index contributed by atoms with van der Waals surface area (Å²) in [5, 5.41) is 5.60. The predicted octanol–water partition coefficient (Wildman–Crippen LogP) is 4.11. The molecule has 1 aliphatic heterocycles. The lowest BCUT2D eigenvalue weighted by Crippen LogP contribution is -2.43. The van der Waals surface area contributed by atoms with E-state index in [4.69, 9.17) is 4.74 Å². The van der Waals surface area contributed by atoms with Crippen molar-refractivity contribution >= 4 is 22.9 Å². The summed E-state index contributed by atoms with van der Waals surface area (Å²) in [6.45, 7) is 0.509. The van der Waals surface area contributed by atoms with Crippen molar-refractivity contribution in [2.24, 2.45) is 0 Å². The number of nitrogens with one attached hydrogen (secondary N) is 3. The number of hydrogen-bond acceptors (Lipinski definition) is 3. The number of alkyl carbamates (subject to hydrolysis) is 1. The number of carbonyl (C=O) groups is 2. The number of halogens is 3. The van der Waals surface area contributed by atoms with Crippen molar-refractivity contribution in [3.05, 3.63) is 59.4 Å². The molecule has 0 spiro atoms. The van der Waals surface area contributed by atoms with Crippen LogP contribution < -0.4 is 10.6 Å². The Balaban J connectivity index is 1.38. The highest BCUT2D eigenvalue weighted by Gasteiger charge is 2.38. The van der Waals surface area contributed by atoms with Gasteiger partial charge in [-0.05, 0) is 66.6 Å². The van der Waals surface area contributed by atoms with Crippen LogP contribution in [0.1, 0.15) is 30.7 Å². The molecule has 2 aromatic carbocycles. The quantitative estimate of drug-likeness (QED) is 0.568. The van der Waals surface area contributed by atoms with Crippen molar-refractivity contribution < 1.29 is 27.5 Å². The zero-order chi connectivity index (χ0) is 22.4. The van der Waals surface area contributed by atoms with E-state index < -0.39 is 29.6 Å². The largest absolute Gasteiger partial charge is 0.446 e. The minimum Gasteiger partial charge on any atom is -0.446 e. The van der Waals surface area contributed by atoms with E-state index in [0.29, 0.717) is 48.0 Å². The average molecular weight is 443 g/mol. The summed E-state index contributed by atoms with van der Waals surface area (Å²) >= 11 is 0. The molecule has 2 fully saturated rings. The fourth-order valence-electron chi connectivity index (χ4n) is 4.47. The maximum atomic E-state index is 14.4. The molecule has 1 saturated carbocycles. The maximum Gasteiger partial charge on any atom is 0.408 e. The Morgan fingerprint density at radius 2 is 1.81 bits per heavy atom. The molecular formula is C23H20F3N3O3. The van der Waals surface area contributed by atoms with Gasteiger partial charge >= 0.3 is 6.09 Å². The number of amides is 2. The van der Waals surface area contributed by atoms with Gasteiger partial charge in [0.15, 0.2) is 0 Å². The van der Waals surface area contributed by atoms with Gasteiger partial charge in [0, 0.05) is 18.0 Å². The first-order valence-electron chi connectivity index (χ1n) is 10.4. The smallest absolute Gasteiger partial charge is 0.408 e. The summed E-state index contributed by atoms with van der Waals surface area (Å²) in [6, 6.07) is 7.25. The van der Waals surface area contributed by atoms with E-state index in [9.17, 15) is 22.8 Å². The number of aromatic nitrogens is 1. The normalized spacial score (nSPS) is 22.5. The van der Waals surface area contributed by atoms with Crippen molar-refractivity contribution in [3.63, 3.8) is 0 Å². The second kappa shape index (κ2) is 7.89. The Hall–Kier alpha value is -3.49. The SMILES string of the molecule is O=C(N[C@@H]1CCNC1=O)O[C@H]1C[C@H](c2c(-c3ccc(F)cc3)[nH]c3c(F)cc(F)cc32)C1. The molecular weight excluding hydrogens is 423 g/mol. The van der Waals surface area contributed by atoms with Crippen molar-refractivity contribution in [1.29, 1.82) is 0 Å². The summed E-state index contributed by atoms with van der Waals surface area (Å²) in [6.07, 6.45) is 0.390. The third-order valence-corrected chi connectivity index (χ3v) is 6.11. The minimum absolute atomic E-state index is 0.113. The van der Waals surface area contributed by atoms with Gasteiger partial charge in [0.25, 0.3) is 0 Å². The van der Waals surface area contributed by atoms with Gasteiger partial charge in [0.05, 0.1) is 11.2 Å². The number of ether oxygens (including phenoxy) is 1. The Morgan fingerprint density at radius 3 is 2.50 bits per heavy atom. The molecule has 2 amide bonds. The van der Waals surface area contributed by atoms with Crippen LogP contribution in [0, 0.1) is 17.5 Å². The van der Waals surface area contributed by atoms with E-state index in [1.165, 1.54) is 18.2 Å². The summed E-state index contributed by atoms with van der Waals surface area (Å²) in [7, 11) is 0. The number of carbonyl (C=O) groups excluding carboxylic acids is 2. The molecule has 0 unspecified atom stereocenters. The first-order chi connectivity index (χ1) is 15.4. The molecule has 5 rings (SSSR count). The molecule has 1 atom stereocenters. The first-order valence-corrected chi connectivity index (χ1v) is 10.4. The molecule has 3 N–H and O–H groups in total. The van der Waals surface area contributed by atoms with Crippen LogP contribution in [-0.4, -0.2) is 35.7 Å². The number of fused-ring (bicyclic) bond motifs is 1. The fraction of sp³-hybridized carbons (Fsp3) is 0.304. The second-order valence-corrected chi connectivity index (χ2v) is 8.20. The molecule has 2 aliphatic rings. The third kappa shape index (κ3) is 3.68. The standard InChI is InChI=1S/C23H20F3N3O3/c24-13-3-1-11(2-4-13)20-19(16-9-14(25)10-17(26)21(16)29-20)12-7-15(8-12)32-23(31)28-18-5-6-27-22(18)30/h1-4,9-10,12,15,18,29H,5-8H2,(H,27,30)(H,28,31)/t12-,15-,18-/m1/s1. The monoisotopic (exact) mass is 443 g/mol. The van der Waals surface area contributed by atoms with Gasteiger partial charge in [-0.3, -0.25) is 4.79 Å². The van der Waals surface area contributed by atoms with Crippen molar-refractivity contribution in [2.75, 3.05) is 6.54 Å². The summed E-state index contributed by atoms with van der Waals surface area (Å²) in [4.78, 5) is 26.7. The lowest BCUT2D eigenvalue weighted by atomic mass is 9.75. The van der Waals surface area contributed by atoms with Gasteiger partial charge in [-0.15, -0.1) is 0 Å². The van der Waals surface area contributed by atoms with Gasteiger partial charge in [-0.1, -0.05) is 0 Å². The number of rotatable bonds is 4. The lowest BCUT2D eigenvalue weighted by Gasteiger charge is -2.35. The Labute approximate surface area is 181 Å². The van der Waals surface area contributed by atoms with E-state index in [1.807, 2.05) is 0 Å². The van der Waals surface area contributed by atoms with E-state index in [1.54, 1.807) is 12.1 Å². The van der Waals surface area contributed by atoms with Crippen LogP contribution in [0.3, 0.4) is 0 Å². The fourth-order valence-corrected chi connectivity index (χ4v) is 4.47. The summed E-state index contributed by atoms with van der Waals surface area (Å²) < 4.78 is 47.2. The van der Waals surface area contributed by atoms with Gasteiger partial charge in [-0.25, -0.2) is 18.0 Å². The van der Waals surface area contributed by atoms with Crippen LogP contribution in [0.2, 0.25) is 0 Å². The van der Waals surface area contributed by atoms with Crippen LogP contribution in [0.15, 0.2) is 36.4 Å². The minimum atomic E-state index is -0.712. The molecule has 32 heavy (non-hydrogen) atoms. The Morgan fingerprint density at radius 1 is 1.06 bits per heavy atom. The molecule has 1 aromatic heterocycles. The average Bonchev–Trinajstić information content (AvgIpc) is 3.29. The van der Waals surface area contributed by atoms with Gasteiger partial charge in [-0.2, -0.15) is 0 Å².